The number of amides is 4. The minimum absolute atomic E-state index is 0.208. The topological polar surface area (TPSA) is 164 Å². The summed E-state index contributed by atoms with van der Waals surface area (Å²) in [4.78, 5) is 56.4. The molecule has 0 atom stereocenters. The minimum Gasteiger partial charge on any atom is -0.465 e. The van der Waals surface area contributed by atoms with Crippen LogP contribution in [0.25, 0.3) is 0 Å². The first-order valence-electron chi connectivity index (χ1n) is 14.9. The lowest BCUT2D eigenvalue weighted by Crippen LogP contribution is -2.66. The Morgan fingerprint density at radius 2 is 1.45 bits per heavy atom. The van der Waals surface area contributed by atoms with Gasteiger partial charge in [-0.2, -0.15) is 0 Å². The predicted octanol–water partition coefficient (Wildman–Crippen LogP) is 6.45. The highest BCUT2D eigenvalue weighted by atomic mass is 32.1. The Labute approximate surface area is 264 Å². The molecule has 0 bridgehead atoms. The first kappa shape index (κ1) is 36.3. The van der Waals surface area contributed by atoms with Crippen LogP contribution in [-0.4, -0.2) is 72.9 Å². The summed E-state index contributed by atoms with van der Waals surface area (Å²) in [5.41, 5.74) is 0.242. The molecule has 0 aliphatic heterocycles. The SMILES string of the molecule is CCCCCCNC(=O)c1sc(NC(C)=O)nc1CCc1ccc(NC(N(C(=O)O)C(C)(C)C)N(C(=O)O)C(C)(C)C)cc1. The van der Waals surface area contributed by atoms with E-state index in [1.54, 1.807) is 53.7 Å². The third-order valence-corrected chi connectivity index (χ3v) is 7.76. The molecule has 13 heteroatoms. The van der Waals surface area contributed by atoms with E-state index in [0.717, 1.165) is 52.4 Å². The normalized spacial score (nSPS) is 11.7. The zero-order valence-electron chi connectivity index (χ0n) is 27.1. The molecule has 0 fully saturated rings. The van der Waals surface area contributed by atoms with E-state index < -0.39 is 29.6 Å². The number of carboxylic acid groups (broad SMARTS) is 2. The van der Waals surface area contributed by atoms with Crippen molar-refractivity contribution in [2.45, 2.75) is 111 Å². The van der Waals surface area contributed by atoms with E-state index in [4.69, 9.17) is 0 Å². The third-order valence-electron chi connectivity index (χ3n) is 6.75. The van der Waals surface area contributed by atoms with Crippen molar-refractivity contribution in [2.75, 3.05) is 17.2 Å². The predicted molar refractivity (Wildman–Crippen MR) is 173 cm³/mol. The number of carbonyl (C=O) groups excluding carboxylic acids is 2. The number of rotatable bonds is 14. The fourth-order valence-electron chi connectivity index (χ4n) is 4.68. The number of hydrogen-bond donors (Lipinski definition) is 5. The molecule has 4 amide bonds. The van der Waals surface area contributed by atoms with Crippen molar-refractivity contribution in [2.24, 2.45) is 0 Å². The molecule has 2 rings (SSSR count). The van der Waals surface area contributed by atoms with Crippen LogP contribution in [-0.2, 0) is 17.6 Å². The van der Waals surface area contributed by atoms with Crippen molar-refractivity contribution < 1.29 is 29.4 Å². The Kier molecular flexibility index (Phi) is 13.0. The molecule has 12 nitrogen and oxygen atoms in total. The van der Waals surface area contributed by atoms with Crippen LogP contribution in [0.1, 0.15) is 102 Å². The first-order chi connectivity index (χ1) is 20.4. The number of aromatic nitrogens is 1. The molecular weight excluding hydrogens is 584 g/mol. The van der Waals surface area contributed by atoms with E-state index in [0.29, 0.717) is 40.8 Å². The number of benzene rings is 1. The number of carbonyl (C=O) groups is 4. The summed E-state index contributed by atoms with van der Waals surface area (Å²) in [7, 11) is 0. The van der Waals surface area contributed by atoms with E-state index in [1.165, 1.54) is 6.92 Å². The fraction of sp³-hybridized carbons (Fsp3) is 0.581. The molecule has 0 unspecified atom stereocenters. The summed E-state index contributed by atoms with van der Waals surface area (Å²) in [6.07, 6.45) is 1.45. The van der Waals surface area contributed by atoms with Crippen LogP contribution < -0.4 is 16.0 Å². The van der Waals surface area contributed by atoms with E-state index in [1.807, 2.05) is 12.1 Å². The van der Waals surface area contributed by atoms with Gasteiger partial charge in [0.2, 0.25) is 5.91 Å². The Bertz CT molecular complexity index is 1250. The zero-order chi connectivity index (χ0) is 33.2. The molecule has 1 heterocycles. The average molecular weight is 633 g/mol. The third kappa shape index (κ3) is 10.7. The minimum atomic E-state index is -1.26. The maximum Gasteiger partial charge on any atom is 0.410 e. The van der Waals surface area contributed by atoms with Crippen LogP contribution in [0.3, 0.4) is 0 Å². The maximum atomic E-state index is 12.9. The highest BCUT2D eigenvalue weighted by molar-refractivity contribution is 7.17. The second-order valence-electron chi connectivity index (χ2n) is 12.7. The summed E-state index contributed by atoms with van der Waals surface area (Å²) in [6.45, 7) is 14.3. The molecule has 0 spiro atoms. The van der Waals surface area contributed by atoms with E-state index in [-0.39, 0.29) is 11.8 Å². The van der Waals surface area contributed by atoms with Gasteiger partial charge in [-0.15, -0.1) is 0 Å². The lowest BCUT2D eigenvalue weighted by molar-refractivity contribution is -0.114. The average Bonchev–Trinajstić information content (AvgIpc) is 3.27. The van der Waals surface area contributed by atoms with Gasteiger partial charge in [-0.05, 0) is 78.5 Å². The zero-order valence-corrected chi connectivity index (χ0v) is 27.9. The van der Waals surface area contributed by atoms with Gasteiger partial charge in [-0.3, -0.25) is 19.4 Å². The van der Waals surface area contributed by atoms with Gasteiger partial charge < -0.3 is 26.2 Å². The molecule has 0 saturated carbocycles. The highest BCUT2D eigenvalue weighted by Gasteiger charge is 2.43. The van der Waals surface area contributed by atoms with Gasteiger partial charge in [0, 0.05) is 30.2 Å². The van der Waals surface area contributed by atoms with Crippen molar-refractivity contribution in [3.63, 3.8) is 0 Å². The molecule has 44 heavy (non-hydrogen) atoms. The fourth-order valence-corrected chi connectivity index (χ4v) is 5.65. The molecule has 0 aliphatic rings. The largest absolute Gasteiger partial charge is 0.465 e. The van der Waals surface area contributed by atoms with E-state index in [2.05, 4.69) is 27.9 Å². The lowest BCUT2D eigenvalue weighted by Gasteiger charge is -2.48. The number of anilines is 2. The van der Waals surface area contributed by atoms with Crippen molar-refractivity contribution in [3.05, 3.63) is 40.4 Å². The molecule has 5 N–H and O–H groups in total. The van der Waals surface area contributed by atoms with Crippen molar-refractivity contribution in [1.29, 1.82) is 0 Å². The summed E-state index contributed by atoms with van der Waals surface area (Å²) >= 11 is 1.15. The van der Waals surface area contributed by atoms with Crippen LogP contribution in [0.2, 0.25) is 0 Å². The summed E-state index contributed by atoms with van der Waals surface area (Å²) in [5.74, 6) is -0.473. The van der Waals surface area contributed by atoms with Crippen molar-refractivity contribution >= 4 is 46.2 Å². The van der Waals surface area contributed by atoms with Gasteiger partial charge in [0.1, 0.15) is 4.88 Å². The van der Waals surface area contributed by atoms with Crippen LogP contribution in [0.4, 0.5) is 20.4 Å². The molecule has 2 aromatic rings. The maximum absolute atomic E-state index is 12.9. The van der Waals surface area contributed by atoms with Crippen LogP contribution >= 0.6 is 11.3 Å². The number of nitrogens with one attached hydrogen (secondary N) is 3. The number of thiazole rings is 1. The standard InChI is InChI=1S/C31H48N6O6S/c1-9-10-11-12-19-32-25(39)24-23(35-26(44-24)33-20(2)38)18-15-21-13-16-22(17-14-21)34-27(36(28(40)41)30(3,4)5)37(29(42)43)31(6,7)8/h13-14,16-17,27,34H,9-12,15,18-19H2,1-8H3,(H,32,39)(H,40,41)(H,42,43)(H,33,35,38). The lowest BCUT2D eigenvalue weighted by atomic mass is 10.0. The number of unbranched alkanes of at least 4 members (excludes halogenated alkanes) is 3. The summed E-state index contributed by atoms with van der Waals surface area (Å²) in [5, 5.41) is 29.3. The first-order valence-corrected chi connectivity index (χ1v) is 15.7. The highest BCUT2D eigenvalue weighted by Crippen LogP contribution is 2.28. The van der Waals surface area contributed by atoms with Gasteiger partial charge >= 0.3 is 12.2 Å². The van der Waals surface area contributed by atoms with Crippen LogP contribution in [0.15, 0.2) is 24.3 Å². The molecule has 1 aromatic heterocycles. The van der Waals surface area contributed by atoms with Gasteiger partial charge in [0.25, 0.3) is 5.91 Å². The van der Waals surface area contributed by atoms with Gasteiger partial charge in [-0.25, -0.2) is 14.6 Å². The van der Waals surface area contributed by atoms with E-state index in [9.17, 15) is 29.4 Å². The van der Waals surface area contributed by atoms with Gasteiger partial charge in [-0.1, -0.05) is 49.7 Å². The van der Waals surface area contributed by atoms with E-state index >= 15 is 0 Å². The Balaban J connectivity index is 2.26. The second-order valence-corrected chi connectivity index (χ2v) is 13.7. The molecule has 1 aromatic carbocycles. The van der Waals surface area contributed by atoms with Crippen LogP contribution in [0, 0.1) is 0 Å². The van der Waals surface area contributed by atoms with Crippen LogP contribution in [0.5, 0.6) is 0 Å². The molecule has 0 radical (unpaired) electrons. The number of aryl methyl sites for hydroxylation is 2. The Morgan fingerprint density at radius 1 is 0.886 bits per heavy atom. The molecule has 0 saturated heterocycles. The molecule has 244 valence electrons. The Morgan fingerprint density at radius 3 is 1.93 bits per heavy atom. The van der Waals surface area contributed by atoms with Crippen molar-refractivity contribution in [3.8, 4) is 0 Å². The van der Waals surface area contributed by atoms with Crippen molar-refractivity contribution in [1.82, 2.24) is 20.1 Å². The summed E-state index contributed by atoms with van der Waals surface area (Å²) < 4.78 is 0. The Hall–Kier alpha value is -3.87. The molecule has 0 aliphatic carbocycles. The van der Waals surface area contributed by atoms with Gasteiger partial charge in [0.05, 0.1) is 5.69 Å². The number of nitrogens with zero attached hydrogens (tertiary/aromatic N) is 3. The number of hydrogen-bond acceptors (Lipinski definition) is 7. The quantitative estimate of drug-likeness (QED) is 0.117. The smallest absolute Gasteiger partial charge is 0.410 e. The monoisotopic (exact) mass is 632 g/mol. The van der Waals surface area contributed by atoms with Gasteiger partial charge in [0.15, 0.2) is 11.4 Å². The summed E-state index contributed by atoms with van der Waals surface area (Å²) in [6, 6.07) is 7.25. The second kappa shape index (κ2) is 15.7. The molecular formula is C31H48N6O6S.